The number of ether oxygens (including phenoxy) is 1. The Morgan fingerprint density at radius 2 is 1.79 bits per heavy atom. The van der Waals surface area contributed by atoms with Gasteiger partial charge in [0.1, 0.15) is 11.4 Å². The van der Waals surface area contributed by atoms with Crippen LogP contribution in [0.5, 0.6) is 0 Å². The Bertz CT molecular complexity index is 1350. The predicted octanol–water partition coefficient (Wildman–Crippen LogP) is 6.43. The van der Waals surface area contributed by atoms with Crippen LogP contribution in [-0.4, -0.2) is 38.4 Å². The fraction of sp³-hybridized carbons (Fsp3) is 0.400. The van der Waals surface area contributed by atoms with Crippen LogP contribution < -0.4 is 16.0 Å². The Hall–Kier alpha value is -3.98. The summed E-state index contributed by atoms with van der Waals surface area (Å²) in [6.45, 7) is 20.1. The molecule has 2 aromatic heterocycles. The number of benzene rings is 1. The summed E-state index contributed by atoms with van der Waals surface area (Å²) < 4.78 is 6.70. The lowest BCUT2D eigenvalue weighted by Gasteiger charge is -2.28. The van der Waals surface area contributed by atoms with E-state index in [1.165, 1.54) is 10.8 Å². The lowest BCUT2D eigenvalue weighted by molar-refractivity contribution is -0.111. The molecule has 0 bridgehead atoms. The first-order valence-electron chi connectivity index (χ1n) is 13.0. The van der Waals surface area contributed by atoms with Gasteiger partial charge in [-0.25, -0.2) is 9.78 Å². The number of carbonyl (C=O) groups is 2. The minimum absolute atomic E-state index is 0.0979. The van der Waals surface area contributed by atoms with Crippen molar-refractivity contribution in [3.8, 4) is 11.3 Å². The first kappa shape index (κ1) is 29.6. The van der Waals surface area contributed by atoms with Crippen LogP contribution in [-0.2, 0) is 16.1 Å². The summed E-state index contributed by atoms with van der Waals surface area (Å²) in [4.78, 5) is 29.2. The number of aryl methyl sites for hydroxylation is 1. The molecule has 3 aromatic rings. The molecule has 0 spiro atoms. The zero-order valence-corrected chi connectivity index (χ0v) is 24.2. The fourth-order valence-electron chi connectivity index (χ4n) is 3.58. The van der Waals surface area contributed by atoms with Gasteiger partial charge in [-0.15, -0.1) is 5.10 Å². The highest BCUT2D eigenvalue weighted by atomic mass is 16.6. The molecule has 0 saturated carbocycles. The van der Waals surface area contributed by atoms with E-state index in [9.17, 15) is 9.59 Å². The van der Waals surface area contributed by atoms with Crippen LogP contribution in [0.1, 0.15) is 59.7 Å². The molecule has 9 nitrogen and oxygen atoms in total. The smallest absolute Gasteiger partial charge is 0.435 e. The molecule has 0 aliphatic carbocycles. The average molecular weight is 533 g/mol. The largest absolute Gasteiger partial charge is 0.442 e. The Morgan fingerprint density at radius 3 is 2.44 bits per heavy atom. The van der Waals surface area contributed by atoms with Crippen molar-refractivity contribution >= 4 is 29.3 Å². The Labute approximate surface area is 231 Å². The van der Waals surface area contributed by atoms with Gasteiger partial charge in [0, 0.05) is 35.6 Å². The topological polar surface area (TPSA) is 110 Å². The monoisotopic (exact) mass is 532 g/mol. The van der Waals surface area contributed by atoms with Crippen molar-refractivity contribution < 1.29 is 14.3 Å². The highest BCUT2D eigenvalue weighted by Gasteiger charge is 2.21. The van der Waals surface area contributed by atoms with Crippen molar-refractivity contribution in [1.29, 1.82) is 0 Å². The zero-order valence-electron chi connectivity index (χ0n) is 24.2. The lowest BCUT2D eigenvalue weighted by Crippen LogP contribution is -2.37. The van der Waals surface area contributed by atoms with Gasteiger partial charge in [-0.3, -0.25) is 4.79 Å². The van der Waals surface area contributed by atoms with Gasteiger partial charge in [0.05, 0.1) is 5.69 Å². The normalized spacial score (nSPS) is 12.5. The molecule has 0 aliphatic rings. The maximum absolute atomic E-state index is 12.6. The molecular weight excluding hydrogens is 492 g/mol. The molecule has 9 heteroatoms. The molecule has 1 atom stereocenters. The Morgan fingerprint density at radius 1 is 1.08 bits per heavy atom. The second kappa shape index (κ2) is 11.8. The molecule has 1 aromatic carbocycles. The molecule has 0 radical (unpaired) electrons. The number of nitrogens with one attached hydrogen (secondary N) is 3. The van der Waals surface area contributed by atoms with Gasteiger partial charge in [0.15, 0.2) is 5.82 Å². The maximum Gasteiger partial charge on any atom is 0.435 e. The van der Waals surface area contributed by atoms with Gasteiger partial charge in [-0.2, -0.15) is 4.68 Å². The number of pyridine rings is 1. The molecule has 0 fully saturated rings. The SMILES string of the molecule is C=CC(=O)Nc1cccc(-c2cc(CNC(C)C(C)(C)C)cc(Nc3cc(C)n(C(=O)OC(C)(C)C)n3)n2)c1. The van der Waals surface area contributed by atoms with Crippen molar-refractivity contribution in [3.63, 3.8) is 0 Å². The van der Waals surface area contributed by atoms with Crippen LogP contribution in [0.25, 0.3) is 11.3 Å². The van der Waals surface area contributed by atoms with E-state index in [0.717, 1.165) is 16.8 Å². The summed E-state index contributed by atoms with van der Waals surface area (Å²) in [5.74, 6) is 0.756. The Kier molecular flexibility index (Phi) is 8.96. The third-order valence-corrected chi connectivity index (χ3v) is 6.12. The molecule has 0 aliphatic heterocycles. The highest BCUT2D eigenvalue weighted by molar-refractivity contribution is 5.99. The zero-order chi connectivity index (χ0) is 29.0. The number of nitrogens with zero attached hydrogens (tertiary/aromatic N) is 3. The molecule has 1 amide bonds. The molecule has 208 valence electrons. The van der Waals surface area contributed by atoms with Crippen molar-refractivity contribution in [2.24, 2.45) is 5.41 Å². The summed E-state index contributed by atoms with van der Waals surface area (Å²) in [7, 11) is 0. The molecule has 1 unspecified atom stereocenters. The van der Waals surface area contributed by atoms with Gasteiger partial charge < -0.3 is 20.7 Å². The molecule has 3 N–H and O–H groups in total. The number of hydrogen-bond donors (Lipinski definition) is 3. The van der Waals surface area contributed by atoms with Crippen molar-refractivity contribution in [2.45, 2.75) is 73.6 Å². The van der Waals surface area contributed by atoms with Crippen molar-refractivity contribution in [2.75, 3.05) is 10.6 Å². The van der Waals surface area contributed by atoms with E-state index in [-0.39, 0.29) is 17.4 Å². The molecule has 2 heterocycles. The van der Waals surface area contributed by atoms with Gasteiger partial charge in [-0.05, 0) is 75.9 Å². The molecule has 0 saturated heterocycles. The maximum atomic E-state index is 12.6. The van der Waals surface area contributed by atoms with Gasteiger partial charge >= 0.3 is 6.09 Å². The Balaban J connectivity index is 1.95. The van der Waals surface area contributed by atoms with E-state index < -0.39 is 11.7 Å². The van der Waals surface area contributed by atoms with E-state index in [0.29, 0.717) is 29.6 Å². The first-order chi connectivity index (χ1) is 18.1. The molecule has 39 heavy (non-hydrogen) atoms. The van der Waals surface area contributed by atoms with Crippen LogP contribution in [0.3, 0.4) is 0 Å². The second-order valence-corrected chi connectivity index (χ2v) is 11.7. The number of hydrogen-bond acceptors (Lipinski definition) is 7. The first-order valence-corrected chi connectivity index (χ1v) is 13.0. The quantitative estimate of drug-likeness (QED) is 0.287. The summed E-state index contributed by atoms with van der Waals surface area (Å²) in [6, 6.07) is 13.5. The third-order valence-electron chi connectivity index (χ3n) is 6.12. The summed E-state index contributed by atoms with van der Waals surface area (Å²) in [5, 5.41) is 14.0. The second-order valence-electron chi connectivity index (χ2n) is 11.7. The van der Waals surface area contributed by atoms with E-state index in [1.807, 2.05) is 57.2 Å². The minimum atomic E-state index is -0.634. The summed E-state index contributed by atoms with van der Waals surface area (Å²) in [6.07, 6.45) is 0.683. The summed E-state index contributed by atoms with van der Waals surface area (Å²) >= 11 is 0. The van der Waals surface area contributed by atoms with Gasteiger partial charge in [-0.1, -0.05) is 39.5 Å². The van der Waals surface area contributed by atoms with Crippen LogP contribution in [0.15, 0.2) is 55.1 Å². The van der Waals surface area contributed by atoms with E-state index in [2.05, 4.69) is 55.3 Å². The highest BCUT2D eigenvalue weighted by Crippen LogP contribution is 2.27. The number of rotatable bonds is 8. The van der Waals surface area contributed by atoms with Gasteiger partial charge in [0.2, 0.25) is 5.91 Å². The predicted molar refractivity (Wildman–Crippen MR) is 156 cm³/mol. The van der Waals surface area contributed by atoms with Crippen LogP contribution >= 0.6 is 0 Å². The molecule has 3 rings (SSSR count). The fourth-order valence-corrected chi connectivity index (χ4v) is 3.58. The van der Waals surface area contributed by atoms with E-state index in [4.69, 9.17) is 9.72 Å². The standard InChI is InChI=1S/C30H40N6O3/c1-10-27(37)32-23-13-11-12-22(17-23)24-15-21(18-31-20(3)29(4,5)6)16-25(33-24)34-26-14-19(2)36(35-26)28(38)39-30(7,8)9/h10-17,20,31H,1,18H2,2-9H3,(H,32,37)(H,33,34,35). The van der Waals surface area contributed by atoms with Gasteiger partial charge in [0.25, 0.3) is 0 Å². The number of amides is 1. The van der Waals surface area contributed by atoms with E-state index >= 15 is 0 Å². The number of aromatic nitrogens is 3. The van der Waals surface area contributed by atoms with Crippen molar-refractivity contribution in [1.82, 2.24) is 20.1 Å². The van der Waals surface area contributed by atoms with Crippen molar-refractivity contribution in [3.05, 3.63) is 66.4 Å². The number of anilines is 3. The average Bonchev–Trinajstić information content (AvgIpc) is 3.20. The van der Waals surface area contributed by atoms with E-state index in [1.54, 1.807) is 13.0 Å². The number of carbonyl (C=O) groups excluding carboxylic acids is 2. The molecular formula is C30H40N6O3. The summed E-state index contributed by atoms with van der Waals surface area (Å²) in [5.41, 5.74) is 3.31. The lowest BCUT2D eigenvalue weighted by atomic mass is 9.88. The van der Waals surface area contributed by atoms with Crippen LogP contribution in [0.2, 0.25) is 0 Å². The van der Waals surface area contributed by atoms with Crippen LogP contribution in [0, 0.1) is 12.3 Å². The third kappa shape index (κ3) is 8.51. The minimum Gasteiger partial charge on any atom is -0.442 e. The van der Waals surface area contributed by atoms with Crippen LogP contribution in [0.4, 0.5) is 22.1 Å².